The van der Waals surface area contributed by atoms with Gasteiger partial charge >= 0.3 is 0 Å². The molecule has 0 aromatic heterocycles. The second-order valence-electron chi connectivity index (χ2n) is 4.53. The van der Waals surface area contributed by atoms with Crippen molar-refractivity contribution >= 4 is 5.91 Å². The molecule has 5 heteroatoms. The number of amides is 1. The molecule has 1 rings (SSSR count). The average Bonchev–Trinajstić information content (AvgIpc) is 2.37. The molecule has 0 radical (unpaired) electrons. The van der Waals surface area contributed by atoms with Crippen molar-refractivity contribution in [1.82, 2.24) is 10.2 Å². The molecule has 19 heavy (non-hydrogen) atoms. The molecule has 0 fully saturated rings. The van der Waals surface area contributed by atoms with Gasteiger partial charge in [-0.3, -0.25) is 4.79 Å². The van der Waals surface area contributed by atoms with Gasteiger partial charge in [-0.15, -0.1) is 0 Å². The first-order chi connectivity index (χ1) is 9.01. The highest BCUT2D eigenvalue weighted by molar-refractivity contribution is 5.97. The van der Waals surface area contributed by atoms with Crippen molar-refractivity contribution < 1.29 is 14.3 Å². The summed E-state index contributed by atoms with van der Waals surface area (Å²) in [6.45, 7) is 3.26. The van der Waals surface area contributed by atoms with E-state index in [-0.39, 0.29) is 5.91 Å². The van der Waals surface area contributed by atoms with Crippen molar-refractivity contribution in [3.63, 3.8) is 0 Å². The van der Waals surface area contributed by atoms with Crippen molar-refractivity contribution in [2.75, 3.05) is 41.4 Å². The Morgan fingerprint density at radius 3 is 2.47 bits per heavy atom. The number of carbonyl (C=O) groups excluding carboxylic acids is 1. The maximum atomic E-state index is 12.1. The molecule has 5 nitrogen and oxygen atoms in total. The normalized spacial score (nSPS) is 10.4. The Kier molecular flexibility index (Phi) is 5.63. The zero-order chi connectivity index (χ0) is 14.4. The molecule has 0 bridgehead atoms. The van der Waals surface area contributed by atoms with Crippen LogP contribution >= 0.6 is 0 Å². The van der Waals surface area contributed by atoms with E-state index in [0.717, 1.165) is 12.1 Å². The molecule has 0 unspecified atom stereocenters. The fourth-order valence-corrected chi connectivity index (χ4v) is 1.82. The monoisotopic (exact) mass is 266 g/mol. The van der Waals surface area contributed by atoms with E-state index in [1.165, 1.54) is 0 Å². The Labute approximate surface area is 114 Å². The van der Waals surface area contributed by atoms with Crippen LogP contribution in [0.1, 0.15) is 15.9 Å². The zero-order valence-corrected chi connectivity index (χ0v) is 12.2. The molecule has 106 valence electrons. The van der Waals surface area contributed by atoms with Crippen molar-refractivity contribution in [2.24, 2.45) is 0 Å². The van der Waals surface area contributed by atoms with Gasteiger partial charge in [0.25, 0.3) is 5.91 Å². The third kappa shape index (κ3) is 3.86. The predicted octanol–water partition coefficient (Wildman–Crippen LogP) is 1.30. The molecule has 1 amide bonds. The Morgan fingerprint density at radius 1 is 1.26 bits per heavy atom. The summed E-state index contributed by atoms with van der Waals surface area (Å²) in [5.41, 5.74) is 1.35. The standard InChI is InChI=1S/C14H22N2O3/c1-10-12(18-4)7-6-11(13(10)19-5)14(17)15-8-9-16(2)3/h6-7H,8-9H2,1-5H3,(H,15,17). The van der Waals surface area contributed by atoms with Gasteiger partial charge in [0.2, 0.25) is 0 Å². The molecule has 0 aliphatic rings. The molecule has 0 aliphatic carbocycles. The number of nitrogens with one attached hydrogen (secondary N) is 1. The highest BCUT2D eigenvalue weighted by Gasteiger charge is 2.16. The van der Waals surface area contributed by atoms with Crippen LogP contribution in [-0.2, 0) is 0 Å². The predicted molar refractivity (Wildman–Crippen MR) is 75.2 cm³/mol. The average molecular weight is 266 g/mol. The lowest BCUT2D eigenvalue weighted by Crippen LogP contribution is -2.31. The smallest absolute Gasteiger partial charge is 0.255 e. The summed E-state index contributed by atoms with van der Waals surface area (Å²) in [5, 5.41) is 2.87. The number of carbonyl (C=O) groups is 1. The van der Waals surface area contributed by atoms with Crippen LogP contribution in [0.15, 0.2) is 12.1 Å². The Hall–Kier alpha value is -1.75. The maximum absolute atomic E-state index is 12.1. The first kappa shape index (κ1) is 15.3. The minimum absolute atomic E-state index is 0.135. The molecular weight excluding hydrogens is 244 g/mol. The molecule has 0 atom stereocenters. The largest absolute Gasteiger partial charge is 0.496 e. The van der Waals surface area contributed by atoms with E-state index in [2.05, 4.69) is 5.32 Å². The summed E-state index contributed by atoms with van der Waals surface area (Å²) in [6.07, 6.45) is 0. The maximum Gasteiger partial charge on any atom is 0.255 e. The molecular formula is C14H22N2O3. The Bertz CT molecular complexity index is 445. The van der Waals surface area contributed by atoms with Gasteiger partial charge in [-0.1, -0.05) is 0 Å². The summed E-state index contributed by atoms with van der Waals surface area (Å²) in [7, 11) is 7.07. The summed E-state index contributed by atoms with van der Waals surface area (Å²) in [5.74, 6) is 1.13. The molecule has 0 heterocycles. The lowest BCUT2D eigenvalue weighted by molar-refractivity contribution is 0.0948. The molecule has 0 aliphatic heterocycles. The first-order valence-electron chi connectivity index (χ1n) is 6.15. The highest BCUT2D eigenvalue weighted by Crippen LogP contribution is 2.31. The summed E-state index contributed by atoms with van der Waals surface area (Å²) in [6, 6.07) is 3.49. The quantitative estimate of drug-likeness (QED) is 0.843. The van der Waals surface area contributed by atoms with Crippen LogP contribution in [0.25, 0.3) is 0 Å². The zero-order valence-electron chi connectivity index (χ0n) is 12.2. The minimum Gasteiger partial charge on any atom is -0.496 e. The minimum atomic E-state index is -0.135. The van der Waals surface area contributed by atoms with Gasteiger partial charge in [0.15, 0.2) is 0 Å². The molecule has 0 spiro atoms. The third-order valence-electron chi connectivity index (χ3n) is 2.87. The van der Waals surface area contributed by atoms with Gasteiger partial charge in [0, 0.05) is 18.7 Å². The van der Waals surface area contributed by atoms with Gasteiger partial charge in [-0.05, 0) is 33.2 Å². The summed E-state index contributed by atoms with van der Waals surface area (Å²) < 4.78 is 10.5. The number of rotatable bonds is 6. The van der Waals surface area contributed by atoms with Crippen LogP contribution < -0.4 is 14.8 Å². The van der Waals surface area contributed by atoms with Crippen LogP contribution in [0.2, 0.25) is 0 Å². The molecule has 1 N–H and O–H groups in total. The Morgan fingerprint density at radius 2 is 1.95 bits per heavy atom. The fraction of sp³-hybridized carbons (Fsp3) is 0.500. The molecule has 0 saturated carbocycles. The number of nitrogens with zero attached hydrogens (tertiary/aromatic N) is 1. The van der Waals surface area contributed by atoms with Gasteiger partial charge < -0.3 is 19.7 Å². The van der Waals surface area contributed by atoms with Crippen LogP contribution in [0.5, 0.6) is 11.5 Å². The highest BCUT2D eigenvalue weighted by atomic mass is 16.5. The van der Waals surface area contributed by atoms with E-state index < -0.39 is 0 Å². The summed E-state index contributed by atoms with van der Waals surface area (Å²) >= 11 is 0. The van der Waals surface area contributed by atoms with Gasteiger partial charge in [-0.25, -0.2) is 0 Å². The van der Waals surface area contributed by atoms with E-state index in [4.69, 9.17) is 9.47 Å². The van der Waals surface area contributed by atoms with Crippen molar-refractivity contribution in [2.45, 2.75) is 6.92 Å². The van der Waals surface area contributed by atoms with Gasteiger partial charge in [0.1, 0.15) is 11.5 Å². The number of hydrogen-bond donors (Lipinski definition) is 1. The lowest BCUT2D eigenvalue weighted by Gasteiger charge is -2.15. The van der Waals surface area contributed by atoms with Gasteiger partial charge in [-0.2, -0.15) is 0 Å². The summed E-state index contributed by atoms with van der Waals surface area (Å²) in [4.78, 5) is 14.1. The first-order valence-corrected chi connectivity index (χ1v) is 6.15. The SMILES string of the molecule is COc1ccc(C(=O)NCCN(C)C)c(OC)c1C. The third-order valence-corrected chi connectivity index (χ3v) is 2.87. The molecule has 0 saturated heterocycles. The van der Waals surface area contributed by atoms with E-state index in [1.807, 2.05) is 25.9 Å². The van der Waals surface area contributed by atoms with Crippen LogP contribution in [0.4, 0.5) is 0 Å². The van der Waals surface area contributed by atoms with E-state index in [0.29, 0.717) is 23.6 Å². The van der Waals surface area contributed by atoms with Gasteiger partial charge in [0.05, 0.1) is 19.8 Å². The Balaban J connectivity index is 2.88. The number of hydrogen-bond acceptors (Lipinski definition) is 4. The van der Waals surface area contributed by atoms with Crippen LogP contribution in [0, 0.1) is 6.92 Å². The number of ether oxygens (including phenoxy) is 2. The molecule has 1 aromatic rings. The van der Waals surface area contributed by atoms with Crippen molar-refractivity contribution in [1.29, 1.82) is 0 Å². The van der Waals surface area contributed by atoms with E-state index in [9.17, 15) is 4.79 Å². The second kappa shape index (κ2) is 6.99. The van der Waals surface area contributed by atoms with Crippen molar-refractivity contribution in [3.05, 3.63) is 23.3 Å². The number of likely N-dealkylation sites (N-methyl/N-ethyl adjacent to an activating group) is 1. The van der Waals surface area contributed by atoms with E-state index in [1.54, 1.807) is 26.4 Å². The van der Waals surface area contributed by atoms with Crippen molar-refractivity contribution in [3.8, 4) is 11.5 Å². The van der Waals surface area contributed by atoms with Crippen LogP contribution in [0.3, 0.4) is 0 Å². The lowest BCUT2D eigenvalue weighted by atomic mass is 10.1. The molecule has 1 aromatic carbocycles. The second-order valence-corrected chi connectivity index (χ2v) is 4.53. The topological polar surface area (TPSA) is 50.8 Å². The number of methoxy groups -OCH3 is 2. The number of benzene rings is 1. The van der Waals surface area contributed by atoms with E-state index >= 15 is 0 Å². The van der Waals surface area contributed by atoms with Crippen LogP contribution in [-0.4, -0.2) is 52.2 Å². The fourth-order valence-electron chi connectivity index (χ4n) is 1.82.